The summed E-state index contributed by atoms with van der Waals surface area (Å²) in [6, 6.07) is 6.49. The minimum atomic E-state index is -0.526. The maximum absolute atomic E-state index is 15.0. The first-order valence-corrected chi connectivity index (χ1v) is 12.2. The van der Waals surface area contributed by atoms with E-state index in [2.05, 4.69) is 36.3 Å². The van der Waals surface area contributed by atoms with E-state index >= 15 is 0 Å². The van der Waals surface area contributed by atoms with Crippen molar-refractivity contribution in [1.29, 1.82) is 0 Å². The van der Waals surface area contributed by atoms with E-state index in [9.17, 15) is 4.39 Å². The summed E-state index contributed by atoms with van der Waals surface area (Å²) < 4.78 is 21.5. The lowest BCUT2D eigenvalue weighted by Gasteiger charge is -2.20. The number of ether oxygens (including phenoxy) is 1. The zero-order chi connectivity index (χ0) is 25.4. The van der Waals surface area contributed by atoms with Crippen LogP contribution in [0.2, 0.25) is 5.15 Å². The quantitative estimate of drug-likeness (QED) is 0.215. The maximum atomic E-state index is 15.0. The molecule has 1 aliphatic heterocycles. The summed E-state index contributed by atoms with van der Waals surface area (Å²) >= 11 is 9.60. The van der Waals surface area contributed by atoms with Gasteiger partial charge in [-0.1, -0.05) is 30.7 Å². The molecular formula is C26H26BrClFN5O. The highest BCUT2D eigenvalue weighted by Crippen LogP contribution is 2.27. The molecule has 0 unspecified atom stereocenters. The first kappa shape index (κ1) is 26.4. The molecule has 1 N–H and O–H groups in total. The summed E-state index contributed by atoms with van der Waals surface area (Å²) in [6.45, 7) is 7.64. The molecule has 3 rings (SSSR count). The van der Waals surface area contributed by atoms with Crippen LogP contribution < -0.4 is 10.1 Å². The van der Waals surface area contributed by atoms with E-state index in [4.69, 9.17) is 16.3 Å². The van der Waals surface area contributed by atoms with Crippen LogP contribution in [0.5, 0.6) is 5.75 Å². The number of hydrogen-bond acceptors (Lipinski definition) is 5. The monoisotopic (exact) mass is 557 g/mol. The number of aryl methyl sites for hydroxylation is 1. The number of benzene rings is 1. The summed E-state index contributed by atoms with van der Waals surface area (Å²) in [6.07, 6.45) is 13.3. The molecular weight excluding hydrogens is 533 g/mol. The van der Waals surface area contributed by atoms with Crippen LogP contribution in [0.25, 0.3) is 0 Å². The Kier molecular flexibility index (Phi) is 9.39. The van der Waals surface area contributed by atoms with Crippen LogP contribution in [-0.2, 0) is 0 Å². The fourth-order valence-electron chi connectivity index (χ4n) is 3.11. The van der Waals surface area contributed by atoms with Crippen molar-refractivity contribution in [2.45, 2.75) is 34.1 Å². The van der Waals surface area contributed by atoms with Gasteiger partial charge in [0.1, 0.15) is 16.6 Å². The number of hydrazone groups is 1. The van der Waals surface area contributed by atoms with Crippen molar-refractivity contribution >= 4 is 45.3 Å². The van der Waals surface area contributed by atoms with Gasteiger partial charge < -0.3 is 10.1 Å². The van der Waals surface area contributed by atoms with Crippen LogP contribution >= 0.6 is 27.5 Å². The molecule has 0 fully saturated rings. The summed E-state index contributed by atoms with van der Waals surface area (Å²) in [7, 11) is 0. The van der Waals surface area contributed by atoms with Crippen LogP contribution in [0.3, 0.4) is 0 Å². The molecule has 0 spiro atoms. The van der Waals surface area contributed by atoms with Crippen molar-refractivity contribution in [3.8, 4) is 5.75 Å². The maximum Gasteiger partial charge on any atom is 0.167 e. The second-order valence-corrected chi connectivity index (χ2v) is 8.58. The van der Waals surface area contributed by atoms with Crippen molar-refractivity contribution in [2.75, 3.05) is 5.32 Å². The van der Waals surface area contributed by atoms with Gasteiger partial charge in [-0.05, 0) is 73.0 Å². The zero-order valence-electron chi connectivity index (χ0n) is 19.9. The van der Waals surface area contributed by atoms with E-state index in [1.165, 1.54) is 6.07 Å². The number of amidine groups is 1. The number of hydrogen-bond donors (Lipinski definition) is 1. The van der Waals surface area contributed by atoms with Gasteiger partial charge in [-0.15, -0.1) is 0 Å². The fraction of sp³-hybridized carbons (Fsp3) is 0.192. The van der Waals surface area contributed by atoms with Gasteiger partial charge in [-0.2, -0.15) is 5.10 Å². The Morgan fingerprint density at radius 3 is 2.80 bits per heavy atom. The van der Waals surface area contributed by atoms with E-state index in [1.807, 2.05) is 45.9 Å². The van der Waals surface area contributed by atoms with Gasteiger partial charge in [0, 0.05) is 36.4 Å². The SMILES string of the molecule is CC=C1C=C(Oc2ccc(NC(=N/C=C/CC)c3nc(Cl)c(Br)cc3C)cc2F)C=CN1/N=C\C. The van der Waals surface area contributed by atoms with Crippen LogP contribution in [0.1, 0.15) is 38.4 Å². The van der Waals surface area contributed by atoms with Crippen LogP contribution in [0.4, 0.5) is 10.1 Å². The summed E-state index contributed by atoms with van der Waals surface area (Å²) in [5.41, 5.74) is 2.73. The molecule has 2 heterocycles. The van der Waals surface area contributed by atoms with E-state index in [0.717, 1.165) is 17.7 Å². The minimum Gasteiger partial charge on any atom is -0.454 e. The third-order valence-electron chi connectivity index (χ3n) is 4.79. The third kappa shape index (κ3) is 6.90. The van der Waals surface area contributed by atoms with Crippen molar-refractivity contribution in [2.24, 2.45) is 10.1 Å². The van der Waals surface area contributed by atoms with Gasteiger partial charge in [-0.25, -0.2) is 19.4 Å². The predicted molar refractivity (Wildman–Crippen MR) is 145 cm³/mol. The Labute approximate surface area is 218 Å². The molecule has 0 bridgehead atoms. The van der Waals surface area contributed by atoms with E-state index in [1.54, 1.807) is 47.9 Å². The van der Waals surface area contributed by atoms with E-state index < -0.39 is 5.82 Å². The second kappa shape index (κ2) is 12.5. The lowest BCUT2D eigenvalue weighted by Crippen LogP contribution is -2.17. The zero-order valence-corrected chi connectivity index (χ0v) is 22.2. The van der Waals surface area contributed by atoms with Crippen molar-refractivity contribution in [1.82, 2.24) is 9.99 Å². The molecule has 0 atom stereocenters. The number of halogens is 3. The van der Waals surface area contributed by atoms with Crippen molar-refractivity contribution in [3.63, 3.8) is 0 Å². The molecule has 0 amide bonds. The summed E-state index contributed by atoms with van der Waals surface area (Å²) in [5, 5.41) is 9.41. The average Bonchev–Trinajstić information content (AvgIpc) is 2.83. The fourth-order valence-corrected chi connectivity index (χ4v) is 3.68. The van der Waals surface area contributed by atoms with Crippen LogP contribution in [0.15, 0.2) is 87.0 Å². The van der Waals surface area contributed by atoms with Crippen LogP contribution in [0, 0.1) is 12.7 Å². The normalized spacial score (nSPS) is 15.4. The molecule has 1 aliphatic rings. The smallest absolute Gasteiger partial charge is 0.167 e. The van der Waals surface area contributed by atoms with Gasteiger partial charge in [0.15, 0.2) is 17.4 Å². The standard InChI is InChI=1S/C26H26BrClFN5O/c1-5-8-12-30-26(24-17(4)14-21(27)25(28)33-24)32-18-9-10-23(22(29)15-18)35-20-11-13-34(31-7-3)19(6-2)16-20/h6-16H,5H2,1-4H3,(H,30,32)/b12-8+,19-6?,31-7-. The number of nitrogens with zero attached hydrogens (tertiary/aromatic N) is 4. The first-order chi connectivity index (χ1) is 16.9. The molecule has 1 aromatic heterocycles. The topological polar surface area (TPSA) is 62.1 Å². The Balaban J connectivity index is 1.85. The molecule has 182 valence electrons. The largest absolute Gasteiger partial charge is 0.454 e. The lowest BCUT2D eigenvalue weighted by molar-refractivity contribution is 0.398. The van der Waals surface area contributed by atoms with Gasteiger partial charge in [0.05, 0.1) is 10.2 Å². The highest BCUT2D eigenvalue weighted by atomic mass is 79.9. The van der Waals surface area contributed by atoms with E-state index in [-0.39, 0.29) is 5.75 Å². The number of allylic oxidation sites excluding steroid dienone is 4. The molecule has 0 radical (unpaired) electrons. The molecule has 1 aromatic carbocycles. The molecule has 9 heteroatoms. The minimum absolute atomic E-state index is 0.0969. The molecule has 0 aliphatic carbocycles. The van der Waals surface area contributed by atoms with Gasteiger partial charge in [0.2, 0.25) is 0 Å². The van der Waals surface area contributed by atoms with Gasteiger partial charge in [0.25, 0.3) is 0 Å². The highest BCUT2D eigenvalue weighted by molar-refractivity contribution is 9.10. The number of aromatic nitrogens is 1. The Bertz CT molecular complexity index is 1270. The number of pyridine rings is 1. The summed E-state index contributed by atoms with van der Waals surface area (Å²) in [5.74, 6) is 0.514. The number of nitrogens with one attached hydrogen (secondary N) is 1. The average molecular weight is 559 g/mol. The first-order valence-electron chi connectivity index (χ1n) is 11.0. The molecule has 6 nitrogen and oxygen atoms in total. The molecule has 0 saturated heterocycles. The van der Waals surface area contributed by atoms with Gasteiger partial charge >= 0.3 is 0 Å². The number of rotatable bonds is 7. The third-order valence-corrected chi connectivity index (χ3v) is 5.91. The summed E-state index contributed by atoms with van der Waals surface area (Å²) in [4.78, 5) is 8.93. The Hall–Kier alpha value is -3.23. The van der Waals surface area contributed by atoms with Crippen molar-refractivity contribution in [3.05, 3.63) is 99.1 Å². The molecule has 35 heavy (non-hydrogen) atoms. The predicted octanol–water partition coefficient (Wildman–Crippen LogP) is 7.73. The molecule has 2 aromatic rings. The van der Waals surface area contributed by atoms with Gasteiger partial charge in [-0.3, -0.25) is 0 Å². The number of aliphatic imine (C=N–C) groups is 1. The molecule has 0 saturated carbocycles. The van der Waals surface area contributed by atoms with Crippen LogP contribution in [-0.4, -0.2) is 22.0 Å². The number of anilines is 1. The van der Waals surface area contributed by atoms with E-state index in [0.29, 0.717) is 32.6 Å². The highest BCUT2D eigenvalue weighted by Gasteiger charge is 2.15. The lowest BCUT2D eigenvalue weighted by atomic mass is 10.2. The second-order valence-electron chi connectivity index (χ2n) is 7.36. The van der Waals surface area contributed by atoms with Crippen molar-refractivity contribution < 1.29 is 9.13 Å². The Morgan fingerprint density at radius 2 is 2.11 bits per heavy atom. The Morgan fingerprint density at radius 1 is 1.31 bits per heavy atom.